The first-order valence-electron chi connectivity index (χ1n) is 2.82. The molecule has 1 aromatic rings. The van der Waals surface area contributed by atoms with Gasteiger partial charge in [0, 0.05) is 0 Å². The van der Waals surface area contributed by atoms with Crippen LogP contribution in [0.15, 0.2) is 24.3 Å². The molecule has 0 heterocycles. The predicted molar refractivity (Wildman–Crippen MR) is 35.9 cm³/mol. The third-order valence-electron chi connectivity index (χ3n) is 1.17. The minimum Gasteiger partial charge on any atom is -1.00 e. The van der Waals surface area contributed by atoms with E-state index in [0.29, 0.717) is 0 Å². The van der Waals surface area contributed by atoms with Crippen LogP contribution in [0.25, 0.3) is 0 Å². The first kappa shape index (κ1) is 8.51. The summed E-state index contributed by atoms with van der Waals surface area (Å²) in [7, 11) is 0. The van der Waals surface area contributed by atoms with Gasteiger partial charge in [0.15, 0.2) is 0 Å². The van der Waals surface area contributed by atoms with E-state index in [4.69, 9.17) is 0 Å². The van der Waals surface area contributed by atoms with Gasteiger partial charge in [0.05, 0.1) is 0 Å². The number of hydrogen-bond donors (Lipinski definition) is 0. The Bertz CT molecular complexity index is 164. The largest absolute Gasteiger partial charge is 1.00 e. The molecule has 0 bridgehead atoms. The van der Waals surface area contributed by atoms with Gasteiger partial charge in [-0.3, -0.25) is 0 Å². The van der Waals surface area contributed by atoms with Gasteiger partial charge in [-0.2, -0.15) is 0 Å². The molecule has 0 N–H and O–H groups in total. The third kappa shape index (κ3) is 2.52. The Hall–Kier alpha value is -0.490. The van der Waals surface area contributed by atoms with Gasteiger partial charge in [0.1, 0.15) is 0 Å². The SMILES string of the molecule is Cc1cccc(C)c1.[Cl-]. The molecule has 1 heteroatoms. The van der Waals surface area contributed by atoms with Crippen LogP contribution >= 0.6 is 0 Å². The van der Waals surface area contributed by atoms with Gasteiger partial charge >= 0.3 is 0 Å². The van der Waals surface area contributed by atoms with Crippen LogP contribution in [0.5, 0.6) is 0 Å². The maximum Gasteiger partial charge on any atom is -0.0398 e. The molecule has 0 nitrogen and oxygen atoms in total. The van der Waals surface area contributed by atoms with Gasteiger partial charge in [-0.1, -0.05) is 35.4 Å². The Balaban J connectivity index is 0.000000640. The van der Waals surface area contributed by atoms with E-state index in [-0.39, 0.29) is 12.4 Å². The van der Waals surface area contributed by atoms with E-state index in [1.807, 2.05) is 0 Å². The molecular formula is C8H10Cl-. The molecule has 0 aliphatic heterocycles. The molecule has 0 amide bonds. The fraction of sp³-hybridized carbons (Fsp3) is 0.250. The van der Waals surface area contributed by atoms with Crippen molar-refractivity contribution < 1.29 is 12.4 Å². The number of rotatable bonds is 0. The summed E-state index contributed by atoms with van der Waals surface area (Å²) in [6.07, 6.45) is 0. The van der Waals surface area contributed by atoms with Gasteiger partial charge in [-0.25, -0.2) is 0 Å². The number of hydrogen-bond acceptors (Lipinski definition) is 0. The number of benzene rings is 1. The quantitative estimate of drug-likeness (QED) is 0.449. The summed E-state index contributed by atoms with van der Waals surface area (Å²) in [5.74, 6) is 0. The van der Waals surface area contributed by atoms with E-state index in [1.54, 1.807) is 0 Å². The number of halogens is 1. The molecule has 0 spiro atoms. The zero-order valence-electron chi connectivity index (χ0n) is 5.69. The van der Waals surface area contributed by atoms with Crippen molar-refractivity contribution in [3.05, 3.63) is 35.4 Å². The summed E-state index contributed by atoms with van der Waals surface area (Å²) < 4.78 is 0. The van der Waals surface area contributed by atoms with Crippen molar-refractivity contribution >= 4 is 0 Å². The molecule has 0 aliphatic rings. The zero-order valence-corrected chi connectivity index (χ0v) is 6.44. The van der Waals surface area contributed by atoms with Crippen LogP contribution in [0.4, 0.5) is 0 Å². The molecule has 0 saturated carbocycles. The summed E-state index contributed by atoms with van der Waals surface area (Å²) in [4.78, 5) is 0. The molecule has 0 aliphatic carbocycles. The zero-order chi connectivity index (χ0) is 5.98. The smallest absolute Gasteiger partial charge is 0.0398 e. The summed E-state index contributed by atoms with van der Waals surface area (Å²) in [6.45, 7) is 4.21. The Kier molecular flexibility index (Phi) is 3.33. The van der Waals surface area contributed by atoms with Gasteiger partial charge < -0.3 is 12.4 Å². The van der Waals surface area contributed by atoms with Crippen LogP contribution in [0.3, 0.4) is 0 Å². The lowest BCUT2D eigenvalue weighted by molar-refractivity contribution is -0.00000181. The Labute approximate surface area is 62.3 Å². The van der Waals surface area contributed by atoms with Crippen molar-refractivity contribution in [2.24, 2.45) is 0 Å². The fourth-order valence-corrected chi connectivity index (χ4v) is 0.807. The molecule has 0 saturated heterocycles. The summed E-state index contributed by atoms with van der Waals surface area (Å²) in [5.41, 5.74) is 2.68. The summed E-state index contributed by atoms with van der Waals surface area (Å²) in [5, 5.41) is 0. The Morgan fingerprint density at radius 1 is 1.00 bits per heavy atom. The fourth-order valence-electron chi connectivity index (χ4n) is 0.807. The summed E-state index contributed by atoms with van der Waals surface area (Å²) in [6, 6.07) is 8.45. The first-order chi connectivity index (χ1) is 3.79. The van der Waals surface area contributed by atoms with Gasteiger partial charge in [0.2, 0.25) is 0 Å². The van der Waals surface area contributed by atoms with E-state index in [2.05, 4.69) is 38.1 Å². The van der Waals surface area contributed by atoms with Crippen LogP contribution in [-0.4, -0.2) is 0 Å². The van der Waals surface area contributed by atoms with Crippen LogP contribution in [0.1, 0.15) is 11.1 Å². The normalized spacial score (nSPS) is 8.22. The topological polar surface area (TPSA) is 0 Å². The molecular weight excluding hydrogens is 132 g/mol. The monoisotopic (exact) mass is 141 g/mol. The van der Waals surface area contributed by atoms with E-state index >= 15 is 0 Å². The third-order valence-corrected chi connectivity index (χ3v) is 1.17. The minimum absolute atomic E-state index is 0. The van der Waals surface area contributed by atoms with Crippen molar-refractivity contribution in [2.45, 2.75) is 13.8 Å². The molecule has 0 aromatic heterocycles. The van der Waals surface area contributed by atoms with E-state index < -0.39 is 0 Å². The lowest BCUT2D eigenvalue weighted by Crippen LogP contribution is -3.00. The molecule has 0 radical (unpaired) electrons. The Morgan fingerprint density at radius 3 is 1.67 bits per heavy atom. The van der Waals surface area contributed by atoms with Crippen LogP contribution < -0.4 is 12.4 Å². The molecule has 1 rings (SSSR count). The second kappa shape index (κ2) is 3.52. The number of aryl methyl sites for hydroxylation is 2. The van der Waals surface area contributed by atoms with Gasteiger partial charge in [-0.05, 0) is 13.8 Å². The van der Waals surface area contributed by atoms with Crippen molar-refractivity contribution in [3.63, 3.8) is 0 Å². The van der Waals surface area contributed by atoms with Gasteiger partial charge in [-0.15, -0.1) is 0 Å². The van der Waals surface area contributed by atoms with Crippen molar-refractivity contribution in [3.8, 4) is 0 Å². The minimum atomic E-state index is 0. The Morgan fingerprint density at radius 2 is 1.44 bits per heavy atom. The van der Waals surface area contributed by atoms with Crippen molar-refractivity contribution in [1.82, 2.24) is 0 Å². The lowest BCUT2D eigenvalue weighted by Gasteiger charge is -1.90. The van der Waals surface area contributed by atoms with Crippen molar-refractivity contribution in [2.75, 3.05) is 0 Å². The molecule has 0 unspecified atom stereocenters. The molecule has 50 valence electrons. The van der Waals surface area contributed by atoms with Crippen LogP contribution in [0, 0.1) is 13.8 Å². The highest BCUT2D eigenvalue weighted by molar-refractivity contribution is 5.20. The maximum atomic E-state index is 2.17. The standard InChI is InChI=1S/C8H10.ClH/c1-7-4-3-5-8(2)6-7;/h3-6H,1-2H3;1H/p-1. The highest BCUT2D eigenvalue weighted by Crippen LogP contribution is 2.00. The average Bonchev–Trinajstić information content (AvgIpc) is 1.64. The molecule has 0 fully saturated rings. The molecule has 9 heavy (non-hydrogen) atoms. The van der Waals surface area contributed by atoms with E-state index in [9.17, 15) is 0 Å². The molecule has 1 aromatic carbocycles. The van der Waals surface area contributed by atoms with Crippen molar-refractivity contribution in [1.29, 1.82) is 0 Å². The molecule has 0 atom stereocenters. The highest BCUT2D eigenvalue weighted by Gasteiger charge is 1.80. The lowest BCUT2D eigenvalue weighted by atomic mass is 10.2. The van der Waals surface area contributed by atoms with E-state index in [0.717, 1.165) is 0 Å². The van der Waals surface area contributed by atoms with E-state index in [1.165, 1.54) is 11.1 Å². The second-order valence-electron chi connectivity index (χ2n) is 2.16. The maximum absolute atomic E-state index is 2.17. The van der Waals surface area contributed by atoms with Crippen LogP contribution in [0.2, 0.25) is 0 Å². The van der Waals surface area contributed by atoms with Crippen LogP contribution in [-0.2, 0) is 0 Å². The highest BCUT2D eigenvalue weighted by atomic mass is 35.5. The van der Waals surface area contributed by atoms with Gasteiger partial charge in [0.25, 0.3) is 0 Å². The predicted octanol–water partition coefficient (Wildman–Crippen LogP) is -0.693. The first-order valence-corrected chi connectivity index (χ1v) is 2.82. The average molecular weight is 142 g/mol. The summed E-state index contributed by atoms with van der Waals surface area (Å²) >= 11 is 0. The second-order valence-corrected chi connectivity index (χ2v) is 2.16.